The number of nitrogens with zero attached hydrogens (tertiary/aromatic N) is 3. The van der Waals surface area contributed by atoms with Crippen molar-refractivity contribution < 1.29 is 33.0 Å². The molecular weight excluding hydrogens is 345 g/mol. The Hall–Kier alpha value is -2.22. The van der Waals surface area contributed by atoms with Crippen molar-refractivity contribution in [3.63, 3.8) is 0 Å². The molecule has 0 unspecified atom stereocenters. The van der Waals surface area contributed by atoms with Crippen LogP contribution in [-0.2, 0) is 4.74 Å². The summed E-state index contributed by atoms with van der Waals surface area (Å²) in [5.74, 6) is 1.26. The summed E-state index contributed by atoms with van der Waals surface area (Å²) in [6.07, 6.45) is 0. The zero-order chi connectivity index (χ0) is 14.4. The largest absolute Gasteiger partial charge is 3.00 e. The van der Waals surface area contributed by atoms with E-state index in [1.54, 1.807) is 6.07 Å². The number of anilines is 1. The number of morpholine rings is 1. The first kappa shape index (κ1) is 30.6. The van der Waals surface area contributed by atoms with Gasteiger partial charge in [-0.1, -0.05) is 0 Å². The molecule has 1 aromatic carbocycles. The van der Waals surface area contributed by atoms with E-state index in [0.717, 1.165) is 18.8 Å². The second-order valence-electron chi connectivity index (χ2n) is 4.35. The third-order valence-electron chi connectivity index (χ3n) is 3.10. The fraction of sp³-hybridized carbons (Fsp3) is 0.571. The Morgan fingerprint density at radius 1 is 1.00 bits per heavy atom. The van der Waals surface area contributed by atoms with Crippen molar-refractivity contribution in [3.05, 3.63) is 17.1 Å². The molecule has 1 saturated heterocycles. The maximum atomic E-state index is 9.09. The monoisotopic (exact) mass is 365 g/mol. The van der Waals surface area contributed by atoms with E-state index in [2.05, 4.69) is 9.88 Å². The van der Waals surface area contributed by atoms with Crippen LogP contribution in [0.1, 0.15) is 13.8 Å². The quantitative estimate of drug-likeness (QED) is 0.295. The number of hydrogen-bond acceptors (Lipinski definition) is 5. The van der Waals surface area contributed by atoms with Crippen molar-refractivity contribution in [2.24, 2.45) is 0 Å². The van der Waals surface area contributed by atoms with Gasteiger partial charge in [0.1, 0.15) is 0 Å². The first-order chi connectivity index (χ1) is 9.80. The molecule has 0 spiro atoms. The van der Waals surface area contributed by atoms with Crippen LogP contribution in [0.2, 0.25) is 0 Å². The third-order valence-corrected chi connectivity index (χ3v) is 3.10. The van der Waals surface area contributed by atoms with Gasteiger partial charge in [0.25, 0.3) is 0 Å². The van der Waals surface area contributed by atoms with E-state index in [1.807, 2.05) is 19.9 Å². The summed E-state index contributed by atoms with van der Waals surface area (Å²) in [6.45, 7) is 7.89. The molecule has 1 aliphatic heterocycles. The standard InChI is InChI=1S/C14H20N3O3.B.4FH/c1-3-19-13-10-12(17-5-7-18-8-6-17)14(20-4-2)9-11(13)16-15;;;;;/h9-10H,3-8H2,1-2H3;;4*1H/q+1;+3;;;;/p-4. The van der Waals surface area contributed by atoms with Gasteiger partial charge >= 0.3 is 14.1 Å². The summed E-state index contributed by atoms with van der Waals surface area (Å²) < 4.78 is 16.6. The van der Waals surface area contributed by atoms with E-state index in [0.29, 0.717) is 43.6 Å². The molecule has 0 atom stereocenters. The fourth-order valence-electron chi connectivity index (χ4n) is 2.21. The summed E-state index contributed by atoms with van der Waals surface area (Å²) in [5, 5.41) is 9.09. The van der Waals surface area contributed by atoms with Crippen molar-refractivity contribution in [1.82, 2.24) is 0 Å². The van der Waals surface area contributed by atoms with Crippen molar-refractivity contribution >= 4 is 19.8 Å². The van der Waals surface area contributed by atoms with Gasteiger partial charge in [0.15, 0.2) is 10.7 Å². The van der Waals surface area contributed by atoms with Crippen LogP contribution in [0.25, 0.3) is 4.98 Å². The number of ether oxygens (including phenoxy) is 3. The Labute approximate surface area is 146 Å². The Bertz CT molecular complexity index is 515. The molecule has 0 saturated carbocycles. The number of rotatable bonds is 5. The smallest absolute Gasteiger partial charge is 1.00 e. The van der Waals surface area contributed by atoms with Crippen LogP contribution in [0.15, 0.2) is 12.1 Å². The van der Waals surface area contributed by atoms with Crippen molar-refractivity contribution in [2.45, 2.75) is 13.8 Å². The van der Waals surface area contributed by atoms with Gasteiger partial charge in [-0.2, -0.15) is 0 Å². The van der Waals surface area contributed by atoms with Crippen LogP contribution in [-0.4, -0.2) is 47.9 Å². The Morgan fingerprint density at radius 3 is 2.00 bits per heavy atom. The molecule has 0 aromatic heterocycles. The molecule has 0 N–H and O–H groups in total. The average Bonchev–Trinajstić information content (AvgIpc) is 2.49. The topological polar surface area (TPSA) is 59.1 Å². The van der Waals surface area contributed by atoms with E-state index in [-0.39, 0.29) is 27.2 Å². The first-order valence-electron chi connectivity index (χ1n) is 6.91. The SMILES string of the molecule is CCOc1cc(N2CCOCC2)c(OCC)cc1[N+]#N.[B+3].[F-].[F-].[F-].[F-]. The van der Waals surface area contributed by atoms with Crippen LogP contribution in [0, 0.1) is 5.39 Å². The molecule has 25 heavy (non-hydrogen) atoms. The number of halogens is 4. The van der Waals surface area contributed by atoms with E-state index >= 15 is 0 Å². The minimum Gasteiger partial charge on any atom is -1.00 e. The Kier molecular flexibility index (Phi) is 18.8. The predicted octanol–water partition coefficient (Wildman–Crippen LogP) is -9.56. The number of diazo groups is 1. The zero-order valence-electron chi connectivity index (χ0n) is 14.1. The predicted molar refractivity (Wildman–Crippen MR) is 82.3 cm³/mol. The molecule has 2 rings (SSSR count). The maximum Gasteiger partial charge on any atom is 3.00 e. The molecule has 1 aliphatic rings. The van der Waals surface area contributed by atoms with Crippen molar-refractivity contribution in [3.8, 4) is 11.5 Å². The average molecular weight is 365 g/mol. The van der Waals surface area contributed by atoms with Crippen LogP contribution < -0.4 is 33.2 Å². The molecular formula is C14H20BF4N3O3. The zero-order valence-corrected chi connectivity index (χ0v) is 14.1. The molecule has 0 amide bonds. The summed E-state index contributed by atoms with van der Waals surface area (Å²) in [6, 6.07) is 3.58. The molecule has 11 heteroatoms. The van der Waals surface area contributed by atoms with E-state index in [1.165, 1.54) is 0 Å². The van der Waals surface area contributed by atoms with Crippen LogP contribution >= 0.6 is 0 Å². The Morgan fingerprint density at radius 2 is 1.52 bits per heavy atom. The molecule has 1 heterocycles. The normalized spacial score (nSPS) is 11.8. The summed E-state index contributed by atoms with van der Waals surface area (Å²) >= 11 is 0. The van der Waals surface area contributed by atoms with Crippen LogP contribution in [0.3, 0.4) is 0 Å². The summed E-state index contributed by atoms with van der Waals surface area (Å²) in [7, 11) is 0. The van der Waals surface area contributed by atoms with Crippen LogP contribution in [0.5, 0.6) is 11.5 Å². The molecule has 140 valence electrons. The number of hydrogen-bond donors (Lipinski definition) is 0. The molecule has 6 nitrogen and oxygen atoms in total. The first-order valence-corrected chi connectivity index (χ1v) is 6.91. The van der Waals surface area contributed by atoms with Gasteiger partial charge in [0, 0.05) is 19.2 Å². The molecule has 1 aromatic rings. The molecule has 0 aliphatic carbocycles. The minimum absolute atomic E-state index is 0. The Balaban J connectivity index is -0.000000441. The van der Waals surface area contributed by atoms with Crippen molar-refractivity contribution in [2.75, 3.05) is 44.4 Å². The molecule has 0 radical (unpaired) electrons. The molecule has 0 bridgehead atoms. The van der Waals surface area contributed by atoms with Gasteiger partial charge in [-0.3, -0.25) is 0 Å². The third kappa shape index (κ3) is 7.47. The fourth-order valence-corrected chi connectivity index (χ4v) is 2.21. The van der Waals surface area contributed by atoms with E-state index in [4.69, 9.17) is 19.6 Å². The summed E-state index contributed by atoms with van der Waals surface area (Å²) in [5.41, 5.74) is 1.33. The molecule has 1 fully saturated rings. The second kappa shape index (κ2) is 15.3. The van der Waals surface area contributed by atoms with Gasteiger partial charge in [-0.15, -0.1) is 0 Å². The maximum absolute atomic E-state index is 9.09. The van der Waals surface area contributed by atoms with Crippen molar-refractivity contribution in [1.29, 1.82) is 5.39 Å². The van der Waals surface area contributed by atoms with Gasteiger partial charge in [0.05, 0.1) is 38.2 Å². The second-order valence-corrected chi connectivity index (χ2v) is 4.35. The van der Waals surface area contributed by atoms with E-state index < -0.39 is 0 Å². The van der Waals surface area contributed by atoms with Gasteiger partial charge in [0.2, 0.25) is 11.1 Å². The minimum atomic E-state index is 0. The van der Waals surface area contributed by atoms with Gasteiger partial charge in [-0.05, 0) is 13.8 Å². The van der Waals surface area contributed by atoms with Crippen LogP contribution in [0.4, 0.5) is 11.4 Å². The van der Waals surface area contributed by atoms with E-state index in [9.17, 15) is 0 Å². The summed E-state index contributed by atoms with van der Waals surface area (Å²) in [4.78, 5) is 5.46. The number of benzene rings is 1. The van der Waals surface area contributed by atoms with Gasteiger partial charge in [-0.25, -0.2) is 0 Å². The van der Waals surface area contributed by atoms with Gasteiger partial charge < -0.3 is 37.9 Å².